The van der Waals surface area contributed by atoms with Crippen molar-refractivity contribution in [1.82, 2.24) is 10.2 Å². The zero-order chi connectivity index (χ0) is 12.1. The number of nitrogens with zero attached hydrogens (tertiary/aromatic N) is 1. The Balaban J connectivity index is 1.60. The van der Waals surface area contributed by atoms with Crippen LogP contribution >= 0.6 is 0 Å². The van der Waals surface area contributed by atoms with E-state index in [9.17, 15) is 0 Å². The van der Waals surface area contributed by atoms with E-state index in [2.05, 4.69) is 17.1 Å². The summed E-state index contributed by atoms with van der Waals surface area (Å²) in [5.41, 5.74) is 0. The van der Waals surface area contributed by atoms with E-state index >= 15 is 0 Å². The summed E-state index contributed by atoms with van der Waals surface area (Å²) in [6, 6.07) is 0.707. The van der Waals surface area contributed by atoms with Gasteiger partial charge in [-0.3, -0.25) is 4.90 Å². The van der Waals surface area contributed by atoms with Gasteiger partial charge >= 0.3 is 0 Å². The molecule has 0 aromatic rings. The molecule has 2 aliphatic heterocycles. The van der Waals surface area contributed by atoms with E-state index in [4.69, 9.17) is 9.47 Å². The molecule has 100 valence electrons. The van der Waals surface area contributed by atoms with Crippen LogP contribution in [0.25, 0.3) is 0 Å². The maximum Gasteiger partial charge on any atom is 0.0826 e. The second-order valence-corrected chi connectivity index (χ2v) is 5.47. The van der Waals surface area contributed by atoms with E-state index in [0.29, 0.717) is 18.1 Å². The highest BCUT2D eigenvalue weighted by atomic mass is 16.5. The number of nitrogens with one attached hydrogen (secondary N) is 1. The van der Waals surface area contributed by atoms with Crippen molar-refractivity contribution < 1.29 is 9.47 Å². The SMILES string of the molecule is COCC(C)CNCC1CN2CCCC2CO1. The Kier molecular flexibility index (Phi) is 5.22. The summed E-state index contributed by atoms with van der Waals surface area (Å²) in [7, 11) is 1.76. The standard InChI is InChI=1S/C13H26N2O2/c1-11(9-16-2)6-14-7-13-8-15-5-3-4-12(15)10-17-13/h11-14H,3-10H2,1-2H3. The molecule has 2 fully saturated rings. The van der Waals surface area contributed by atoms with Gasteiger partial charge in [0.05, 0.1) is 12.7 Å². The van der Waals surface area contributed by atoms with Gasteiger partial charge in [0.25, 0.3) is 0 Å². The number of hydrogen-bond donors (Lipinski definition) is 1. The van der Waals surface area contributed by atoms with E-state index in [-0.39, 0.29) is 0 Å². The first-order valence-corrected chi connectivity index (χ1v) is 6.85. The Morgan fingerprint density at radius 2 is 2.41 bits per heavy atom. The van der Waals surface area contributed by atoms with Gasteiger partial charge in [-0.25, -0.2) is 0 Å². The third-order valence-electron chi connectivity index (χ3n) is 3.78. The topological polar surface area (TPSA) is 33.7 Å². The van der Waals surface area contributed by atoms with Gasteiger partial charge in [0.1, 0.15) is 0 Å². The molecule has 0 spiro atoms. The Bertz CT molecular complexity index is 225. The molecule has 1 N–H and O–H groups in total. The average molecular weight is 242 g/mol. The van der Waals surface area contributed by atoms with Gasteiger partial charge in [-0.2, -0.15) is 0 Å². The predicted octanol–water partition coefficient (Wildman–Crippen LogP) is 0.722. The van der Waals surface area contributed by atoms with Crippen molar-refractivity contribution in [3.63, 3.8) is 0 Å². The third-order valence-corrected chi connectivity index (χ3v) is 3.78. The lowest BCUT2D eigenvalue weighted by Crippen LogP contribution is -2.49. The summed E-state index contributed by atoms with van der Waals surface area (Å²) in [6.07, 6.45) is 3.04. The van der Waals surface area contributed by atoms with Crippen molar-refractivity contribution in [1.29, 1.82) is 0 Å². The molecule has 3 unspecified atom stereocenters. The molecular weight excluding hydrogens is 216 g/mol. The summed E-state index contributed by atoms with van der Waals surface area (Å²) < 4.78 is 11.0. The molecule has 4 heteroatoms. The smallest absolute Gasteiger partial charge is 0.0826 e. The maximum absolute atomic E-state index is 5.90. The molecule has 2 saturated heterocycles. The Morgan fingerprint density at radius 1 is 1.53 bits per heavy atom. The van der Waals surface area contributed by atoms with Crippen molar-refractivity contribution in [2.75, 3.05) is 46.5 Å². The van der Waals surface area contributed by atoms with Crippen LogP contribution in [-0.4, -0.2) is 63.5 Å². The van der Waals surface area contributed by atoms with Crippen LogP contribution in [0.15, 0.2) is 0 Å². The molecule has 0 bridgehead atoms. The molecule has 0 aliphatic carbocycles. The van der Waals surface area contributed by atoms with Crippen LogP contribution in [0, 0.1) is 5.92 Å². The normalized spacial score (nSPS) is 31.4. The largest absolute Gasteiger partial charge is 0.384 e. The summed E-state index contributed by atoms with van der Waals surface area (Å²) >= 11 is 0. The van der Waals surface area contributed by atoms with Gasteiger partial charge in [-0.05, 0) is 31.8 Å². The highest BCUT2D eigenvalue weighted by Gasteiger charge is 2.31. The molecule has 17 heavy (non-hydrogen) atoms. The second-order valence-electron chi connectivity index (χ2n) is 5.47. The first-order chi connectivity index (χ1) is 8.29. The molecule has 0 radical (unpaired) electrons. The minimum Gasteiger partial charge on any atom is -0.384 e. The van der Waals surface area contributed by atoms with Crippen molar-refractivity contribution in [2.24, 2.45) is 5.92 Å². The van der Waals surface area contributed by atoms with Crippen molar-refractivity contribution >= 4 is 0 Å². The van der Waals surface area contributed by atoms with E-state index in [1.807, 2.05) is 0 Å². The number of hydrogen-bond acceptors (Lipinski definition) is 4. The third kappa shape index (κ3) is 3.91. The zero-order valence-electron chi connectivity index (χ0n) is 11.2. The summed E-state index contributed by atoms with van der Waals surface area (Å²) in [4.78, 5) is 2.59. The van der Waals surface area contributed by atoms with Gasteiger partial charge in [0.2, 0.25) is 0 Å². The van der Waals surface area contributed by atoms with Crippen molar-refractivity contribution in [3.05, 3.63) is 0 Å². The summed E-state index contributed by atoms with van der Waals surface area (Å²) in [5, 5.41) is 3.49. The van der Waals surface area contributed by atoms with E-state index in [0.717, 1.165) is 32.8 Å². The van der Waals surface area contributed by atoms with Crippen LogP contribution < -0.4 is 5.32 Å². The first kappa shape index (κ1) is 13.3. The van der Waals surface area contributed by atoms with Gasteiger partial charge in [-0.15, -0.1) is 0 Å². The van der Waals surface area contributed by atoms with E-state index < -0.39 is 0 Å². The molecule has 0 aromatic heterocycles. The first-order valence-electron chi connectivity index (χ1n) is 6.85. The molecule has 0 amide bonds. The van der Waals surface area contributed by atoms with Crippen LogP contribution in [0.1, 0.15) is 19.8 Å². The lowest BCUT2D eigenvalue weighted by Gasteiger charge is -2.35. The molecule has 2 rings (SSSR count). The Morgan fingerprint density at radius 3 is 3.24 bits per heavy atom. The fraction of sp³-hybridized carbons (Fsp3) is 1.00. The van der Waals surface area contributed by atoms with Crippen molar-refractivity contribution in [3.8, 4) is 0 Å². The van der Waals surface area contributed by atoms with E-state index in [1.165, 1.54) is 19.4 Å². The summed E-state index contributed by atoms with van der Waals surface area (Å²) in [6.45, 7) is 8.32. The molecule has 3 atom stereocenters. The molecule has 0 saturated carbocycles. The second kappa shape index (κ2) is 6.69. The fourth-order valence-electron chi connectivity index (χ4n) is 2.84. The van der Waals surface area contributed by atoms with E-state index in [1.54, 1.807) is 7.11 Å². The van der Waals surface area contributed by atoms with Gasteiger partial charge in [-0.1, -0.05) is 6.92 Å². The van der Waals surface area contributed by atoms with Crippen LogP contribution in [0.4, 0.5) is 0 Å². The highest BCUT2D eigenvalue weighted by Crippen LogP contribution is 2.22. The van der Waals surface area contributed by atoms with Crippen LogP contribution in [0.3, 0.4) is 0 Å². The average Bonchev–Trinajstić information content (AvgIpc) is 2.76. The van der Waals surface area contributed by atoms with Crippen molar-refractivity contribution in [2.45, 2.75) is 31.9 Å². The molecular formula is C13H26N2O2. The Hall–Kier alpha value is -0.160. The summed E-state index contributed by atoms with van der Waals surface area (Å²) in [5.74, 6) is 0.572. The highest BCUT2D eigenvalue weighted by molar-refractivity contribution is 4.85. The lowest BCUT2D eigenvalue weighted by atomic mass is 10.1. The molecule has 4 nitrogen and oxygen atoms in total. The number of fused-ring (bicyclic) bond motifs is 1. The minimum absolute atomic E-state index is 0.374. The van der Waals surface area contributed by atoms with Gasteiger partial charge in [0, 0.05) is 32.8 Å². The number of ether oxygens (including phenoxy) is 2. The molecule has 2 aliphatic rings. The van der Waals surface area contributed by atoms with Crippen LogP contribution in [0.5, 0.6) is 0 Å². The Labute approximate surface area is 105 Å². The monoisotopic (exact) mass is 242 g/mol. The van der Waals surface area contributed by atoms with Gasteiger partial charge in [0.15, 0.2) is 0 Å². The minimum atomic E-state index is 0.374. The van der Waals surface area contributed by atoms with Crippen LogP contribution in [-0.2, 0) is 9.47 Å². The molecule has 2 heterocycles. The maximum atomic E-state index is 5.90. The fourth-order valence-corrected chi connectivity index (χ4v) is 2.84. The molecule has 0 aromatic carbocycles. The van der Waals surface area contributed by atoms with Gasteiger partial charge < -0.3 is 14.8 Å². The van der Waals surface area contributed by atoms with Crippen LogP contribution in [0.2, 0.25) is 0 Å². The zero-order valence-corrected chi connectivity index (χ0v) is 11.2. The number of rotatable bonds is 6. The number of methoxy groups -OCH3 is 1. The lowest BCUT2D eigenvalue weighted by molar-refractivity contribution is -0.0472. The quantitative estimate of drug-likeness (QED) is 0.744. The predicted molar refractivity (Wildman–Crippen MR) is 68.2 cm³/mol. The number of morpholine rings is 1.